The van der Waals surface area contributed by atoms with Gasteiger partial charge in [0.1, 0.15) is 11.6 Å². The number of hydrogen-bond donors (Lipinski definition) is 1. The fourth-order valence-corrected chi connectivity index (χ4v) is 1.47. The van der Waals surface area contributed by atoms with E-state index in [1.165, 1.54) is 19.2 Å². The highest BCUT2D eigenvalue weighted by Gasteiger charge is 2.04. The van der Waals surface area contributed by atoms with E-state index in [1.807, 2.05) is 0 Å². The van der Waals surface area contributed by atoms with E-state index >= 15 is 0 Å². The van der Waals surface area contributed by atoms with Crippen LogP contribution in [-0.4, -0.2) is 32.1 Å². The van der Waals surface area contributed by atoms with Crippen LogP contribution in [0.5, 0.6) is 5.75 Å². The molecule has 0 aliphatic rings. The summed E-state index contributed by atoms with van der Waals surface area (Å²) in [4.78, 5) is 22.2. The smallest absolute Gasteiger partial charge is 0.307 e. The highest BCUT2D eigenvalue weighted by molar-refractivity contribution is 5.76. The summed E-state index contributed by atoms with van der Waals surface area (Å²) < 4.78 is 22.6. The lowest BCUT2D eigenvalue weighted by atomic mass is 10.3. The molecule has 0 saturated heterocycles. The predicted octanol–water partition coefficient (Wildman–Crippen LogP) is 1.66. The second-order valence-corrected chi connectivity index (χ2v) is 4.09. The molecule has 1 aromatic carbocycles. The Morgan fingerprint density at radius 1 is 1.30 bits per heavy atom. The van der Waals surface area contributed by atoms with Gasteiger partial charge in [-0.2, -0.15) is 0 Å². The van der Waals surface area contributed by atoms with E-state index in [-0.39, 0.29) is 37.1 Å². The van der Waals surface area contributed by atoms with Gasteiger partial charge in [0.15, 0.2) is 0 Å². The first-order chi connectivity index (χ1) is 9.61. The molecule has 0 aliphatic heterocycles. The fraction of sp³-hybridized carbons (Fsp3) is 0.429. The van der Waals surface area contributed by atoms with Crippen molar-refractivity contribution in [1.29, 1.82) is 0 Å². The second kappa shape index (κ2) is 8.90. The van der Waals surface area contributed by atoms with Crippen molar-refractivity contribution >= 4 is 11.9 Å². The molecule has 5 nitrogen and oxygen atoms in total. The summed E-state index contributed by atoms with van der Waals surface area (Å²) in [5.74, 6) is -0.435. The van der Waals surface area contributed by atoms with Crippen LogP contribution in [0.4, 0.5) is 4.39 Å². The SMILES string of the molecule is COC(=O)CCNC(=O)CCCOc1cccc(F)c1. The van der Waals surface area contributed by atoms with Crippen molar-refractivity contribution in [1.82, 2.24) is 5.32 Å². The number of hydrogen-bond acceptors (Lipinski definition) is 4. The van der Waals surface area contributed by atoms with Gasteiger partial charge in [-0.15, -0.1) is 0 Å². The van der Waals surface area contributed by atoms with Gasteiger partial charge in [0, 0.05) is 19.0 Å². The summed E-state index contributed by atoms with van der Waals surface area (Å²) in [5, 5.41) is 2.60. The van der Waals surface area contributed by atoms with E-state index in [2.05, 4.69) is 10.1 Å². The molecule has 0 fully saturated rings. The van der Waals surface area contributed by atoms with Crippen LogP contribution in [0.25, 0.3) is 0 Å². The Labute approximate surface area is 117 Å². The highest BCUT2D eigenvalue weighted by atomic mass is 19.1. The number of nitrogens with one attached hydrogen (secondary N) is 1. The molecule has 0 aliphatic carbocycles. The van der Waals surface area contributed by atoms with E-state index in [1.54, 1.807) is 12.1 Å². The lowest BCUT2D eigenvalue weighted by Crippen LogP contribution is -2.26. The van der Waals surface area contributed by atoms with Crippen molar-refractivity contribution in [2.24, 2.45) is 0 Å². The Morgan fingerprint density at radius 2 is 2.10 bits per heavy atom. The first-order valence-corrected chi connectivity index (χ1v) is 6.33. The Bertz CT molecular complexity index is 451. The van der Waals surface area contributed by atoms with E-state index in [0.29, 0.717) is 18.8 Å². The van der Waals surface area contributed by atoms with Gasteiger partial charge in [0.25, 0.3) is 0 Å². The van der Waals surface area contributed by atoms with Gasteiger partial charge in [-0.05, 0) is 18.6 Å². The molecular formula is C14H18FNO4. The number of esters is 1. The van der Waals surface area contributed by atoms with E-state index in [4.69, 9.17) is 4.74 Å². The number of amides is 1. The van der Waals surface area contributed by atoms with Gasteiger partial charge in [-0.3, -0.25) is 9.59 Å². The van der Waals surface area contributed by atoms with Crippen LogP contribution in [0.2, 0.25) is 0 Å². The molecule has 1 amide bonds. The summed E-state index contributed by atoms with van der Waals surface area (Å²) in [7, 11) is 1.30. The molecule has 0 aromatic heterocycles. The van der Waals surface area contributed by atoms with Gasteiger partial charge in [0.2, 0.25) is 5.91 Å². The summed E-state index contributed by atoms with van der Waals surface area (Å²) in [6.07, 6.45) is 0.957. The number of halogens is 1. The zero-order valence-corrected chi connectivity index (χ0v) is 11.4. The molecule has 110 valence electrons. The van der Waals surface area contributed by atoms with Gasteiger partial charge in [-0.25, -0.2) is 4.39 Å². The number of carbonyl (C=O) groups is 2. The zero-order chi connectivity index (χ0) is 14.8. The standard InChI is InChI=1S/C14H18FNO4/c1-19-14(18)7-8-16-13(17)6-3-9-20-12-5-2-4-11(15)10-12/h2,4-5,10H,3,6-9H2,1H3,(H,16,17). The molecule has 0 heterocycles. The predicted molar refractivity (Wildman–Crippen MR) is 70.8 cm³/mol. The van der Waals surface area contributed by atoms with Gasteiger partial charge in [0.05, 0.1) is 20.1 Å². The molecule has 0 saturated carbocycles. The number of rotatable bonds is 8. The van der Waals surface area contributed by atoms with Crippen LogP contribution in [0, 0.1) is 5.82 Å². The van der Waals surface area contributed by atoms with Gasteiger partial charge >= 0.3 is 5.97 Å². The van der Waals surface area contributed by atoms with Crippen LogP contribution in [0.1, 0.15) is 19.3 Å². The summed E-state index contributed by atoms with van der Waals surface area (Å²) in [5.41, 5.74) is 0. The van der Waals surface area contributed by atoms with Crippen molar-refractivity contribution in [2.75, 3.05) is 20.3 Å². The van der Waals surface area contributed by atoms with Crippen molar-refractivity contribution in [3.63, 3.8) is 0 Å². The first kappa shape index (κ1) is 15.9. The minimum Gasteiger partial charge on any atom is -0.493 e. The normalized spacial score (nSPS) is 9.90. The largest absolute Gasteiger partial charge is 0.493 e. The number of ether oxygens (including phenoxy) is 2. The molecule has 0 atom stereocenters. The highest BCUT2D eigenvalue weighted by Crippen LogP contribution is 2.12. The number of benzene rings is 1. The van der Waals surface area contributed by atoms with E-state index in [0.717, 1.165) is 0 Å². The summed E-state index contributed by atoms with van der Waals surface area (Å²) >= 11 is 0. The molecule has 1 rings (SSSR count). The third-order valence-corrected chi connectivity index (χ3v) is 2.49. The molecule has 0 bridgehead atoms. The van der Waals surface area contributed by atoms with Gasteiger partial charge in [-0.1, -0.05) is 6.07 Å². The quantitative estimate of drug-likeness (QED) is 0.582. The second-order valence-electron chi connectivity index (χ2n) is 4.09. The molecule has 1 aromatic rings. The van der Waals surface area contributed by atoms with E-state index in [9.17, 15) is 14.0 Å². The molecular weight excluding hydrogens is 265 g/mol. The minimum absolute atomic E-state index is 0.155. The van der Waals surface area contributed by atoms with E-state index < -0.39 is 0 Å². The summed E-state index contributed by atoms with van der Waals surface area (Å²) in [6, 6.07) is 5.84. The van der Waals surface area contributed by atoms with Crippen molar-refractivity contribution in [3.8, 4) is 5.75 Å². The number of methoxy groups -OCH3 is 1. The molecule has 0 radical (unpaired) electrons. The minimum atomic E-state index is -0.361. The molecule has 20 heavy (non-hydrogen) atoms. The third kappa shape index (κ3) is 6.72. The molecule has 6 heteroatoms. The Kier molecular flexibility index (Phi) is 7.10. The Morgan fingerprint density at radius 3 is 2.80 bits per heavy atom. The fourth-order valence-electron chi connectivity index (χ4n) is 1.47. The molecule has 0 spiro atoms. The lowest BCUT2D eigenvalue weighted by molar-refractivity contribution is -0.140. The van der Waals surface area contributed by atoms with Crippen molar-refractivity contribution in [2.45, 2.75) is 19.3 Å². The van der Waals surface area contributed by atoms with Crippen LogP contribution >= 0.6 is 0 Å². The maximum absolute atomic E-state index is 12.9. The molecule has 0 unspecified atom stereocenters. The maximum Gasteiger partial charge on any atom is 0.307 e. The van der Waals surface area contributed by atoms with Crippen LogP contribution < -0.4 is 10.1 Å². The average molecular weight is 283 g/mol. The Balaban J connectivity index is 2.09. The van der Waals surface area contributed by atoms with Crippen LogP contribution in [0.15, 0.2) is 24.3 Å². The van der Waals surface area contributed by atoms with Crippen molar-refractivity contribution in [3.05, 3.63) is 30.1 Å². The average Bonchev–Trinajstić information content (AvgIpc) is 2.43. The maximum atomic E-state index is 12.9. The van der Waals surface area contributed by atoms with Crippen molar-refractivity contribution < 1.29 is 23.5 Å². The lowest BCUT2D eigenvalue weighted by Gasteiger charge is -2.06. The topological polar surface area (TPSA) is 64.6 Å². The van der Waals surface area contributed by atoms with Crippen LogP contribution in [0.3, 0.4) is 0 Å². The van der Waals surface area contributed by atoms with Crippen LogP contribution in [-0.2, 0) is 14.3 Å². The zero-order valence-electron chi connectivity index (χ0n) is 11.4. The monoisotopic (exact) mass is 283 g/mol. The number of carbonyl (C=O) groups excluding carboxylic acids is 2. The third-order valence-electron chi connectivity index (χ3n) is 2.49. The molecule has 1 N–H and O–H groups in total. The summed E-state index contributed by atoms with van der Waals surface area (Å²) in [6.45, 7) is 0.587. The van der Waals surface area contributed by atoms with Gasteiger partial charge < -0.3 is 14.8 Å². The Hall–Kier alpha value is -2.11. The first-order valence-electron chi connectivity index (χ1n) is 6.33.